The first kappa shape index (κ1) is 13.0. The van der Waals surface area contributed by atoms with Gasteiger partial charge in [0.2, 0.25) is 0 Å². The second-order valence-electron chi connectivity index (χ2n) is 4.47. The Morgan fingerprint density at radius 3 is 2.67 bits per heavy atom. The lowest BCUT2D eigenvalue weighted by atomic mass is 10.1. The van der Waals surface area contributed by atoms with Gasteiger partial charge in [-0.3, -0.25) is 0 Å². The molecule has 0 aliphatic carbocycles. The molecule has 0 saturated carbocycles. The Balaban J connectivity index is 2.64. The lowest BCUT2D eigenvalue weighted by molar-refractivity contribution is 0.577. The highest BCUT2D eigenvalue weighted by Gasteiger charge is 2.18. The maximum atomic E-state index is 14.1. The van der Waals surface area contributed by atoms with Gasteiger partial charge in [-0.2, -0.15) is 0 Å². The van der Waals surface area contributed by atoms with E-state index in [-0.39, 0.29) is 17.7 Å². The van der Waals surface area contributed by atoms with Crippen LogP contribution in [0.1, 0.15) is 31.3 Å². The Morgan fingerprint density at radius 1 is 1.33 bits per heavy atom. The highest BCUT2D eigenvalue weighted by atomic mass is 35.5. The average molecular weight is 268 g/mol. The summed E-state index contributed by atoms with van der Waals surface area (Å²) in [5, 5.41) is 8.09. The number of nitrogens with zero attached hydrogens (tertiary/aromatic N) is 3. The normalized spacial score (nSPS) is 11.2. The third-order valence-electron chi connectivity index (χ3n) is 2.84. The van der Waals surface area contributed by atoms with Gasteiger partial charge in [0.1, 0.15) is 11.6 Å². The molecule has 1 heterocycles. The van der Waals surface area contributed by atoms with Crippen LogP contribution in [0.15, 0.2) is 18.2 Å². The first-order valence-corrected chi connectivity index (χ1v) is 6.35. The van der Waals surface area contributed by atoms with Gasteiger partial charge in [-0.05, 0) is 32.4 Å². The van der Waals surface area contributed by atoms with Crippen LogP contribution in [0, 0.1) is 12.7 Å². The molecular weight excluding hydrogens is 253 g/mol. The van der Waals surface area contributed by atoms with Gasteiger partial charge in [0.25, 0.3) is 0 Å². The molecule has 0 fully saturated rings. The standard InChI is InChI=1S/C13H15ClFN3/c1-8(2)18-11(7-14)16-17-13(18)10-6-4-5-9(3)12(10)15/h4-6,8H,7H2,1-3H3. The average Bonchev–Trinajstić information content (AvgIpc) is 2.76. The van der Waals surface area contributed by atoms with Crippen LogP contribution >= 0.6 is 11.6 Å². The largest absolute Gasteiger partial charge is 0.307 e. The van der Waals surface area contributed by atoms with E-state index in [9.17, 15) is 4.39 Å². The summed E-state index contributed by atoms with van der Waals surface area (Å²) in [4.78, 5) is 0. The van der Waals surface area contributed by atoms with Crippen LogP contribution < -0.4 is 0 Å². The van der Waals surface area contributed by atoms with Gasteiger partial charge in [-0.1, -0.05) is 12.1 Å². The van der Waals surface area contributed by atoms with Crippen molar-refractivity contribution in [1.82, 2.24) is 14.8 Å². The highest BCUT2D eigenvalue weighted by molar-refractivity contribution is 6.16. The summed E-state index contributed by atoms with van der Waals surface area (Å²) in [6.45, 7) is 5.73. The van der Waals surface area contributed by atoms with Crippen molar-refractivity contribution < 1.29 is 4.39 Å². The maximum Gasteiger partial charge on any atom is 0.167 e. The Labute approximate surface area is 111 Å². The summed E-state index contributed by atoms with van der Waals surface area (Å²) in [6, 6.07) is 5.39. The molecule has 2 rings (SSSR count). The molecule has 0 N–H and O–H groups in total. The molecule has 0 amide bonds. The fourth-order valence-electron chi connectivity index (χ4n) is 1.96. The second-order valence-corrected chi connectivity index (χ2v) is 4.74. The molecule has 0 unspecified atom stereocenters. The monoisotopic (exact) mass is 267 g/mol. The molecule has 5 heteroatoms. The number of rotatable bonds is 3. The van der Waals surface area contributed by atoms with Crippen LogP contribution in [0.4, 0.5) is 4.39 Å². The molecule has 96 valence electrons. The molecule has 0 radical (unpaired) electrons. The van der Waals surface area contributed by atoms with Crippen molar-refractivity contribution in [2.45, 2.75) is 32.7 Å². The van der Waals surface area contributed by atoms with Gasteiger partial charge < -0.3 is 4.57 Å². The van der Waals surface area contributed by atoms with Crippen LogP contribution in [0.3, 0.4) is 0 Å². The van der Waals surface area contributed by atoms with Gasteiger partial charge in [-0.25, -0.2) is 4.39 Å². The molecule has 0 spiro atoms. The quantitative estimate of drug-likeness (QED) is 0.794. The number of halogens is 2. The van der Waals surface area contributed by atoms with Gasteiger partial charge in [-0.15, -0.1) is 21.8 Å². The Hall–Kier alpha value is -1.42. The minimum absolute atomic E-state index is 0.128. The van der Waals surface area contributed by atoms with Crippen LogP contribution in [0.25, 0.3) is 11.4 Å². The van der Waals surface area contributed by atoms with Crippen molar-refractivity contribution in [2.24, 2.45) is 0 Å². The number of aromatic nitrogens is 3. The third-order valence-corrected chi connectivity index (χ3v) is 3.07. The Kier molecular flexibility index (Phi) is 3.66. The third kappa shape index (κ3) is 2.12. The number of hydrogen-bond donors (Lipinski definition) is 0. The van der Waals surface area contributed by atoms with Crippen molar-refractivity contribution in [3.63, 3.8) is 0 Å². The first-order chi connectivity index (χ1) is 8.56. The molecule has 0 aliphatic heterocycles. The minimum Gasteiger partial charge on any atom is -0.307 e. The Morgan fingerprint density at radius 2 is 2.06 bits per heavy atom. The summed E-state index contributed by atoms with van der Waals surface area (Å²) < 4.78 is 16.0. The fraction of sp³-hybridized carbons (Fsp3) is 0.385. The van der Waals surface area contributed by atoms with Gasteiger partial charge >= 0.3 is 0 Å². The minimum atomic E-state index is -0.257. The van der Waals surface area contributed by atoms with E-state index < -0.39 is 0 Å². The van der Waals surface area contributed by atoms with E-state index in [0.717, 1.165) is 0 Å². The number of aryl methyl sites for hydroxylation is 1. The molecule has 1 aromatic heterocycles. The van der Waals surface area contributed by atoms with Gasteiger partial charge in [0.05, 0.1) is 11.4 Å². The molecule has 1 aromatic carbocycles. The molecule has 0 aliphatic rings. The molecule has 2 aromatic rings. The Bertz CT molecular complexity index is 563. The van der Waals surface area contributed by atoms with Crippen molar-refractivity contribution in [3.8, 4) is 11.4 Å². The van der Waals surface area contributed by atoms with Crippen LogP contribution in [-0.2, 0) is 5.88 Å². The van der Waals surface area contributed by atoms with E-state index in [4.69, 9.17) is 11.6 Å². The van der Waals surface area contributed by atoms with E-state index in [1.807, 2.05) is 24.5 Å². The zero-order valence-corrected chi connectivity index (χ0v) is 11.4. The molecule has 3 nitrogen and oxygen atoms in total. The summed E-state index contributed by atoms with van der Waals surface area (Å²) in [5.41, 5.74) is 1.06. The van der Waals surface area contributed by atoms with E-state index in [1.54, 1.807) is 19.1 Å². The number of benzene rings is 1. The number of alkyl halides is 1. The van der Waals surface area contributed by atoms with Gasteiger partial charge in [0, 0.05) is 6.04 Å². The van der Waals surface area contributed by atoms with Crippen molar-refractivity contribution in [3.05, 3.63) is 35.4 Å². The lowest BCUT2D eigenvalue weighted by Gasteiger charge is -2.13. The van der Waals surface area contributed by atoms with Crippen LogP contribution in [0.2, 0.25) is 0 Å². The molecule has 0 saturated heterocycles. The predicted molar refractivity (Wildman–Crippen MR) is 70.1 cm³/mol. The molecule has 0 bridgehead atoms. The van der Waals surface area contributed by atoms with Crippen molar-refractivity contribution in [1.29, 1.82) is 0 Å². The highest BCUT2D eigenvalue weighted by Crippen LogP contribution is 2.26. The summed E-state index contributed by atoms with van der Waals surface area (Å²) in [6.07, 6.45) is 0. The van der Waals surface area contributed by atoms with Crippen LogP contribution in [0.5, 0.6) is 0 Å². The van der Waals surface area contributed by atoms with Crippen molar-refractivity contribution >= 4 is 11.6 Å². The van der Waals surface area contributed by atoms with E-state index in [0.29, 0.717) is 22.8 Å². The lowest BCUT2D eigenvalue weighted by Crippen LogP contribution is -2.07. The van der Waals surface area contributed by atoms with E-state index in [2.05, 4.69) is 10.2 Å². The SMILES string of the molecule is Cc1cccc(-c2nnc(CCl)n2C(C)C)c1F. The smallest absolute Gasteiger partial charge is 0.167 e. The predicted octanol–water partition coefficient (Wildman–Crippen LogP) is 3.71. The summed E-state index contributed by atoms with van der Waals surface area (Å²) >= 11 is 5.83. The van der Waals surface area contributed by atoms with E-state index in [1.165, 1.54) is 0 Å². The topological polar surface area (TPSA) is 30.7 Å². The molecular formula is C13H15ClFN3. The summed E-state index contributed by atoms with van der Waals surface area (Å²) in [7, 11) is 0. The molecule has 0 atom stereocenters. The second kappa shape index (κ2) is 5.06. The zero-order chi connectivity index (χ0) is 13.3. The molecule has 18 heavy (non-hydrogen) atoms. The van der Waals surface area contributed by atoms with Crippen LogP contribution in [-0.4, -0.2) is 14.8 Å². The first-order valence-electron chi connectivity index (χ1n) is 5.81. The maximum absolute atomic E-state index is 14.1. The number of hydrogen-bond acceptors (Lipinski definition) is 2. The summed E-state index contributed by atoms with van der Waals surface area (Å²) in [5.74, 6) is 1.19. The zero-order valence-electron chi connectivity index (χ0n) is 10.6. The van der Waals surface area contributed by atoms with Gasteiger partial charge in [0.15, 0.2) is 5.82 Å². The van der Waals surface area contributed by atoms with Crippen molar-refractivity contribution in [2.75, 3.05) is 0 Å². The van der Waals surface area contributed by atoms with E-state index >= 15 is 0 Å². The fourth-order valence-corrected chi connectivity index (χ4v) is 2.14.